The highest BCUT2D eigenvalue weighted by atomic mass is 32.2. The van der Waals surface area contributed by atoms with Gasteiger partial charge in [-0.15, -0.1) is 0 Å². The molecular weight excluding hydrogens is 496 g/mol. The first-order valence-corrected chi connectivity index (χ1v) is 13.8. The van der Waals surface area contributed by atoms with Crippen LogP contribution in [-0.2, 0) is 23.0 Å². The molecule has 0 fully saturated rings. The van der Waals surface area contributed by atoms with Gasteiger partial charge in [-0.3, -0.25) is 4.98 Å². The second-order valence-corrected chi connectivity index (χ2v) is 11.1. The average molecular weight is 523 g/mol. The average Bonchev–Trinajstić information content (AvgIpc) is 2.97. The topological polar surface area (TPSA) is 84.4 Å². The van der Waals surface area contributed by atoms with Gasteiger partial charge >= 0.3 is 0 Å². The van der Waals surface area contributed by atoms with Crippen LogP contribution >= 0.6 is 0 Å². The lowest BCUT2D eigenvalue weighted by atomic mass is 10.0. The standard InChI is InChI=1S/C30H26N4O3S/c1-37-26-10-6-21(7-11-26)22-8-12-27(13-9-22)38(35,36)34-17-15-28-24(20-34)14-16-31-30(28)33-25-18-23-4-2-3-5-29(23)32-19-25/h2-14,16,18-19H,15,17,20H2,1H3,(H,31,33). The number of hydrogen-bond acceptors (Lipinski definition) is 6. The monoisotopic (exact) mass is 522 g/mol. The normalized spacial score (nSPS) is 13.7. The van der Waals surface area contributed by atoms with Crippen molar-refractivity contribution in [1.82, 2.24) is 14.3 Å². The minimum absolute atomic E-state index is 0.285. The maximum absolute atomic E-state index is 13.5. The SMILES string of the molecule is COc1ccc(-c2ccc(S(=O)(=O)N3CCc4c(ccnc4Nc4cnc5ccccc5c4)C3)cc2)cc1. The Morgan fingerprint density at radius 1 is 0.895 bits per heavy atom. The molecule has 1 aliphatic heterocycles. The number of nitrogens with zero attached hydrogens (tertiary/aromatic N) is 3. The van der Waals surface area contributed by atoms with Crippen LogP contribution in [0.3, 0.4) is 0 Å². The molecule has 5 aromatic rings. The van der Waals surface area contributed by atoms with Gasteiger partial charge in [0.1, 0.15) is 11.6 Å². The molecule has 6 rings (SSSR count). The fourth-order valence-corrected chi connectivity index (χ4v) is 6.22. The van der Waals surface area contributed by atoms with Gasteiger partial charge < -0.3 is 10.1 Å². The fourth-order valence-electron chi connectivity index (χ4n) is 4.81. The Kier molecular flexibility index (Phi) is 6.27. The number of pyridine rings is 2. The third-order valence-electron chi connectivity index (χ3n) is 6.88. The van der Waals surface area contributed by atoms with E-state index >= 15 is 0 Å². The molecule has 0 atom stereocenters. The van der Waals surface area contributed by atoms with E-state index in [1.54, 1.807) is 35.9 Å². The molecule has 190 valence electrons. The number of methoxy groups -OCH3 is 1. The molecule has 0 radical (unpaired) electrons. The van der Waals surface area contributed by atoms with Crippen LogP contribution in [0.5, 0.6) is 5.75 Å². The second-order valence-electron chi connectivity index (χ2n) is 9.18. The van der Waals surface area contributed by atoms with Gasteiger partial charge in [-0.05, 0) is 65.6 Å². The molecule has 0 spiro atoms. The molecule has 0 saturated heterocycles. The number of aromatic nitrogens is 2. The Balaban J connectivity index is 1.21. The predicted molar refractivity (Wildman–Crippen MR) is 149 cm³/mol. The van der Waals surface area contributed by atoms with E-state index in [0.29, 0.717) is 19.5 Å². The molecule has 38 heavy (non-hydrogen) atoms. The third-order valence-corrected chi connectivity index (χ3v) is 8.74. The number of rotatable bonds is 6. The zero-order valence-corrected chi connectivity index (χ0v) is 21.7. The van der Waals surface area contributed by atoms with E-state index < -0.39 is 10.0 Å². The summed E-state index contributed by atoms with van der Waals surface area (Å²) in [7, 11) is -2.02. The van der Waals surface area contributed by atoms with Crippen molar-refractivity contribution in [2.75, 3.05) is 19.0 Å². The lowest BCUT2D eigenvalue weighted by Crippen LogP contribution is -2.36. The summed E-state index contributed by atoms with van der Waals surface area (Å²) in [5.74, 6) is 1.52. The quantitative estimate of drug-likeness (QED) is 0.304. The molecule has 0 aliphatic carbocycles. The van der Waals surface area contributed by atoms with E-state index in [1.807, 2.05) is 72.8 Å². The van der Waals surface area contributed by atoms with Crippen molar-refractivity contribution in [3.8, 4) is 16.9 Å². The molecule has 1 N–H and O–H groups in total. The van der Waals surface area contributed by atoms with E-state index in [4.69, 9.17) is 4.74 Å². The summed E-state index contributed by atoms with van der Waals surface area (Å²) < 4.78 is 33.8. The van der Waals surface area contributed by atoms with Gasteiger partial charge in [0, 0.05) is 30.2 Å². The molecule has 0 bridgehead atoms. The van der Waals surface area contributed by atoms with Gasteiger partial charge in [0.25, 0.3) is 0 Å². The highest BCUT2D eigenvalue weighted by molar-refractivity contribution is 7.89. The van der Waals surface area contributed by atoms with Gasteiger partial charge in [-0.25, -0.2) is 13.4 Å². The van der Waals surface area contributed by atoms with Crippen molar-refractivity contribution in [2.24, 2.45) is 0 Å². The highest BCUT2D eigenvalue weighted by Gasteiger charge is 2.29. The first-order valence-electron chi connectivity index (χ1n) is 12.3. The van der Waals surface area contributed by atoms with E-state index in [0.717, 1.165) is 50.4 Å². The van der Waals surface area contributed by atoms with Crippen LogP contribution in [0.25, 0.3) is 22.0 Å². The highest BCUT2D eigenvalue weighted by Crippen LogP contribution is 2.31. The molecule has 3 aromatic carbocycles. The van der Waals surface area contributed by atoms with Gasteiger partial charge in [-0.2, -0.15) is 4.31 Å². The van der Waals surface area contributed by atoms with Crippen molar-refractivity contribution in [3.05, 3.63) is 108 Å². The molecule has 3 heterocycles. The lowest BCUT2D eigenvalue weighted by Gasteiger charge is -2.29. The summed E-state index contributed by atoms with van der Waals surface area (Å²) >= 11 is 0. The molecule has 0 saturated carbocycles. The molecular formula is C30H26N4O3S. The van der Waals surface area contributed by atoms with Crippen LogP contribution in [-0.4, -0.2) is 36.3 Å². The number of para-hydroxylation sites is 1. The maximum atomic E-state index is 13.5. The van der Waals surface area contributed by atoms with Crippen molar-refractivity contribution in [3.63, 3.8) is 0 Å². The Labute approximate surface area is 221 Å². The summed E-state index contributed by atoms with van der Waals surface area (Å²) in [6.45, 7) is 0.678. The molecule has 8 heteroatoms. The van der Waals surface area contributed by atoms with Crippen LogP contribution in [0, 0.1) is 0 Å². The van der Waals surface area contributed by atoms with Crippen molar-refractivity contribution in [1.29, 1.82) is 0 Å². The number of fused-ring (bicyclic) bond motifs is 2. The minimum atomic E-state index is -3.65. The predicted octanol–water partition coefficient (Wildman–Crippen LogP) is 5.80. The van der Waals surface area contributed by atoms with Crippen LogP contribution in [0.2, 0.25) is 0 Å². The zero-order valence-electron chi connectivity index (χ0n) is 20.8. The molecule has 0 unspecified atom stereocenters. The summed E-state index contributed by atoms with van der Waals surface area (Å²) in [6.07, 6.45) is 4.07. The smallest absolute Gasteiger partial charge is 0.243 e. The number of benzene rings is 3. The van der Waals surface area contributed by atoms with Crippen molar-refractivity contribution >= 4 is 32.4 Å². The van der Waals surface area contributed by atoms with Gasteiger partial charge in [0.2, 0.25) is 10.0 Å². The molecule has 2 aromatic heterocycles. The fraction of sp³-hybridized carbons (Fsp3) is 0.133. The number of anilines is 2. The van der Waals surface area contributed by atoms with E-state index in [-0.39, 0.29) is 4.90 Å². The number of hydrogen-bond donors (Lipinski definition) is 1. The van der Waals surface area contributed by atoms with Crippen LogP contribution in [0.15, 0.2) is 102 Å². The number of sulfonamides is 1. The third kappa shape index (κ3) is 4.60. The molecule has 1 aliphatic rings. The summed E-state index contributed by atoms with van der Waals surface area (Å²) in [5.41, 5.74) is 5.69. The Bertz CT molecular complexity index is 1720. The molecule has 0 amide bonds. The van der Waals surface area contributed by atoms with Gasteiger partial charge in [0.05, 0.1) is 29.4 Å². The Morgan fingerprint density at radius 2 is 1.63 bits per heavy atom. The zero-order chi connectivity index (χ0) is 26.1. The Morgan fingerprint density at radius 3 is 2.39 bits per heavy atom. The first kappa shape index (κ1) is 24.1. The van der Waals surface area contributed by atoms with Crippen molar-refractivity contribution in [2.45, 2.75) is 17.9 Å². The lowest BCUT2D eigenvalue weighted by molar-refractivity contribution is 0.391. The second kappa shape index (κ2) is 9.89. The molecule has 7 nitrogen and oxygen atoms in total. The maximum Gasteiger partial charge on any atom is 0.243 e. The minimum Gasteiger partial charge on any atom is -0.497 e. The van der Waals surface area contributed by atoms with Crippen LogP contribution < -0.4 is 10.1 Å². The van der Waals surface area contributed by atoms with E-state index in [2.05, 4.69) is 15.3 Å². The van der Waals surface area contributed by atoms with Crippen LogP contribution in [0.4, 0.5) is 11.5 Å². The van der Waals surface area contributed by atoms with E-state index in [1.165, 1.54) is 0 Å². The Hall–Kier alpha value is -4.27. The van der Waals surface area contributed by atoms with Crippen LogP contribution in [0.1, 0.15) is 11.1 Å². The summed E-state index contributed by atoms with van der Waals surface area (Å²) in [6, 6.07) is 26.6. The summed E-state index contributed by atoms with van der Waals surface area (Å²) in [4.78, 5) is 9.35. The largest absolute Gasteiger partial charge is 0.497 e. The number of nitrogens with one attached hydrogen (secondary N) is 1. The first-order chi connectivity index (χ1) is 18.5. The van der Waals surface area contributed by atoms with E-state index in [9.17, 15) is 8.42 Å². The van der Waals surface area contributed by atoms with Gasteiger partial charge in [0.15, 0.2) is 0 Å². The number of ether oxygens (including phenoxy) is 1. The summed E-state index contributed by atoms with van der Waals surface area (Å²) in [5, 5.41) is 4.43. The van der Waals surface area contributed by atoms with Gasteiger partial charge in [-0.1, -0.05) is 42.5 Å². The van der Waals surface area contributed by atoms with Crippen molar-refractivity contribution < 1.29 is 13.2 Å².